The molecule has 5 nitrogen and oxygen atoms in total. The number of carbonyl (C=O) groups is 1. The van der Waals surface area contributed by atoms with E-state index >= 15 is 0 Å². The molecule has 0 aliphatic rings. The Labute approximate surface area is 136 Å². The van der Waals surface area contributed by atoms with E-state index in [1.54, 1.807) is 13.8 Å². The number of aromatic nitrogens is 1. The van der Waals surface area contributed by atoms with Crippen LogP contribution in [0.4, 0.5) is 19.0 Å². The molecule has 1 rings (SSSR count). The minimum Gasteiger partial charge on any atom is -0.463 e. The van der Waals surface area contributed by atoms with Gasteiger partial charge >= 0.3 is 12.1 Å². The zero-order chi connectivity index (χ0) is 17.5. The molecule has 0 spiro atoms. The van der Waals surface area contributed by atoms with Crippen LogP contribution in [0.3, 0.4) is 0 Å². The zero-order valence-electron chi connectivity index (χ0n) is 12.6. The van der Waals surface area contributed by atoms with Crippen molar-refractivity contribution in [3.05, 3.63) is 34.6 Å². The normalized spacial score (nSPS) is 12.0. The molecule has 0 bridgehead atoms. The largest absolute Gasteiger partial charge is 0.463 e. The Morgan fingerprint density at radius 3 is 2.70 bits per heavy atom. The van der Waals surface area contributed by atoms with E-state index in [-0.39, 0.29) is 10.8 Å². The highest BCUT2D eigenvalue weighted by molar-refractivity contribution is 6.32. The second-order valence-electron chi connectivity index (χ2n) is 4.49. The van der Waals surface area contributed by atoms with E-state index in [1.807, 2.05) is 0 Å². The summed E-state index contributed by atoms with van der Waals surface area (Å²) in [6, 6.07) is 0.816. The third-order valence-corrected chi connectivity index (χ3v) is 2.90. The number of alkyl halides is 3. The number of pyridine rings is 1. The monoisotopic (exact) mass is 351 g/mol. The fourth-order valence-corrected chi connectivity index (χ4v) is 1.81. The van der Waals surface area contributed by atoms with Gasteiger partial charge in [-0.3, -0.25) is 0 Å². The van der Waals surface area contributed by atoms with Crippen molar-refractivity contribution in [1.29, 1.82) is 0 Å². The van der Waals surface area contributed by atoms with Gasteiger partial charge in [-0.05, 0) is 19.9 Å². The molecule has 1 heterocycles. The summed E-state index contributed by atoms with van der Waals surface area (Å²) in [5, 5.41) is 5.64. The van der Waals surface area contributed by atoms with Gasteiger partial charge in [0.2, 0.25) is 0 Å². The first-order chi connectivity index (χ1) is 10.7. The van der Waals surface area contributed by atoms with Crippen molar-refractivity contribution in [2.45, 2.75) is 20.0 Å². The van der Waals surface area contributed by atoms with Gasteiger partial charge in [-0.15, -0.1) is 0 Å². The molecule has 0 aliphatic heterocycles. The summed E-state index contributed by atoms with van der Waals surface area (Å²) >= 11 is 5.76. The van der Waals surface area contributed by atoms with E-state index in [2.05, 4.69) is 15.6 Å². The van der Waals surface area contributed by atoms with Gasteiger partial charge in [-0.2, -0.15) is 13.2 Å². The lowest BCUT2D eigenvalue weighted by Crippen LogP contribution is -2.22. The molecule has 0 amide bonds. The van der Waals surface area contributed by atoms with E-state index in [4.69, 9.17) is 16.3 Å². The SMILES string of the molecule is CCOC(=O)C=C(C)NCCNc1ncc(C(F)(F)F)cc1Cl. The molecule has 0 aliphatic carbocycles. The number of rotatable bonds is 7. The van der Waals surface area contributed by atoms with Gasteiger partial charge in [-0.1, -0.05) is 11.6 Å². The van der Waals surface area contributed by atoms with E-state index < -0.39 is 17.7 Å². The number of halogens is 4. The second kappa shape index (κ2) is 8.61. The summed E-state index contributed by atoms with van der Waals surface area (Å²) in [7, 11) is 0. The highest BCUT2D eigenvalue weighted by Crippen LogP contribution is 2.32. The van der Waals surface area contributed by atoms with Crippen LogP contribution in [0, 0.1) is 0 Å². The van der Waals surface area contributed by atoms with Crippen molar-refractivity contribution >= 4 is 23.4 Å². The number of nitrogens with zero attached hydrogens (tertiary/aromatic N) is 1. The van der Waals surface area contributed by atoms with Crippen molar-refractivity contribution < 1.29 is 22.7 Å². The van der Waals surface area contributed by atoms with E-state index in [0.29, 0.717) is 31.6 Å². The Morgan fingerprint density at radius 1 is 1.43 bits per heavy atom. The average molecular weight is 352 g/mol. The molecule has 0 saturated carbocycles. The van der Waals surface area contributed by atoms with Crippen LogP contribution >= 0.6 is 11.6 Å². The number of ether oxygens (including phenoxy) is 1. The Bertz CT molecular complexity index is 577. The minimum absolute atomic E-state index is 0.112. The van der Waals surface area contributed by atoms with Crippen LogP contribution in [0.2, 0.25) is 5.02 Å². The molecule has 2 N–H and O–H groups in total. The van der Waals surface area contributed by atoms with Gasteiger partial charge in [0, 0.05) is 31.1 Å². The molecule has 23 heavy (non-hydrogen) atoms. The van der Waals surface area contributed by atoms with Crippen molar-refractivity contribution in [3.8, 4) is 0 Å². The van der Waals surface area contributed by atoms with Gasteiger partial charge in [-0.25, -0.2) is 9.78 Å². The number of nitrogens with one attached hydrogen (secondary N) is 2. The molecule has 0 atom stereocenters. The summed E-state index contributed by atoms with van der Waals surface area (Å²) in [4.78, 5) is 14.8. The third-order valence-electron chi connectivity index (χ3n) is 2.61. The molecular weight excluding hydrogens is 335 g/mol. The third kappa shape index (κ3) is 6.77. The zero-order valence-corrected chi connectivity index (χ0v) is 13.4. The molecule has 0 radical (unpaired) electrons. The van der Waals surface area contributed by atoms with Gasteiger partial charge in [0.15, 0.2) is 0 Å². The molecule has 9 heteroatoms. The van der Waals surface area contributed by atoms with Crippen LogP contribution in [-0.4, -0.2) is 30.6 Å². The Kier molecular flexibility index (Phi) is 7.15. The highest BCUT2D eigenvalue weighted by atomic mass is 35.5. The Morgan fingerprint density at radius 2 is 2.13 bits per heavy atom. The first-order valence-electron chi connectivity index (χ1n) is 6.79. The highest BCUT2D eigenvalue weighted by Gasteiger charge is 2.31. The van der Waals surface area contributed by atoms with Crippen LogP contribution in [0.15, 0.2) is 24.0 Å². The smallest absolute Gasteiger partial charge is 0.417 e. The molecule has 0 saturated heterocycles. The first-order valence-corrected chi connectivity index (χ1v) is 7.17. The topological polar surface area (TPSA) is 63.2 Å². The Balaban J connectivity index is 2.46. The van der Waals surface area contributed by atoms with Crippen LogP contribution in [0.5, 0.6) is 0 Å². The summed E-state index contributed by atoms with van der Waals surface area (Å²) in [5.74, 6) is -0.286. The lowest BCUT2D eigenvalue weighted by atomic mass is 10.3. The second-order valence-corrected chi connectivity index (χ2v) is 4.89. The van der Waals surface area contributed by atoms with Gasteiger partial charge in [0.25, 0.3) is 0 Å². The number of hydrogen-bond acceptors (Lipinski definition) is 5. The molecule has 0 unspecified atom stereocenters. The standard InChI is InChI=1S/C14H17ClF3N3O2/c1-3-23-12(22)6-9(2)19-4-5-20-13-11(15)7-10(8-21-13)14(16,17)18/h6-8,19H,3-5H2,1-2H3,(H,20,21). The molecular formula is C14H17ClF3N3O2. The lowest BCUT2D eigenvalue weighted by Gasteiger charge is -2.11. The number of esters is 1. The fraction of sp³-hybridized carbons (Fsp3) is 0.429. The quantitative estimate of drug-likeness (QED) is 0.448. The van der Waals surface area contributed by atoms with Gasteiger partial charge in [0.1, 0.15) is 5.82 Å². The number of anilines is 1. The van der Waals surface area contributed by atoms with Gasteiger partial charge < -0.3 is 15.4 Å². The Hall–Kier alpha value is -1.96. The maximum atomic E-state index is 12.5. The van der Waals surface area contributed by atoms with E-state index in [0.717, 1.165) is 6.07 Å². The fourth-order valence-electron chi connectivity index (χ4n) is 1.58. The minimum atomic E-state index is -4.48. The maximum absolute atomic E-state index is 12.5. The summed E-state index contributed by atoms with van der Waals surface area (Å²) < 4.78 is 42.2. The predicted molar refractivity (Wildman–Crippen MR) is 81.1 cm³/mol. The van der Waals surface area contributed by atoms with E-state index in [9.17, 15) is 18.0 Å². The van der Waals surface area contributed by atoms with Crippen LogP contribution in [0.25, 0.3) is 0 Å². The van der Waals surface area contributed by atoms with Gasteiger partial charge in [0.05, 0.1) is 17.2 Å². The number of hydrogen-bond donors (Lipinski definition) is 2. The molecule has 0 aromatic carbocycles. The van der Waals surface area contributed by atoms with Crippen molar-refractivity contribution in [2.75, 3.05) is 25.0 Å². The first kappa shape index (κ1) is 19.1. The van der Waals surface area contributed by atoms with Crippen molar-refractivity contribution in [1.82, 2.24) is 10.3 Å². The number of carbonyl (C=O) groups excluding carboxylic acids is 1. The predicted octanol–water partition coefficient (Wildman–Crippen LogP) is 3.22. The molecule has 1 aromatic rings. The van der Waals surface area contributed by atoms with Crippen LogP contribution < -0.4 is 10.6 Å². The molecule has 1 aromatic heterocycles. The summed E-state index contributed by atoms with van der Waals surface area (Å²) in [6.07, 6.45) is -2.45. The lowest BCUT2D eigenvalue weighted by molar-refractivity contribution is -0.138. The van der Waals surface area contributed by atoms with E-state index in [1.165, 1.54) is 6.08 Å². The van der Waals surface area contributed by atoms with Crippen molar-refractivity contribution in [3.63, 3.8) is 0 Å². The van der Waals surface area contributed by atoms with Crippen LogP contribution in [0.1, 0.15) is 19.4 Å². The summed E-state index contributed by atoms with van der Waals surface area (Å²) in [5.41, 5.74) is -0.295. The van der Waals surface area contributed by atoms with Crippen molar-refractivity contribution in [2.24, 2.45) is 0 Å². The maximum Gasteiger partial charge on any atom is 0.417 e. The number of allylic oxidation sites excluding steroid dienone is 1. The average Bonchev–Trinajstić information content (AvgIpc) is 2.44. The molecule has 128 valence electrons. The van der Waals surface area contributed by atoms with Crippen LogP contribution in [-0.2, 0) is 15.7 Å². The summed E-state index contributed by atoms with van der Waals surface area (Å²) in [6.45, 7) is 4.47. The molecule has 0 fully saturated rings.